The average molecular weight is 373 g/mol. The van der Waals surface area contributed by atoms with Gasteiger partial charge in [0.2, 0.25) is 11.8 Å². The second kappa shape index (κ2) is 5.67. The fraction of sp³-hybridized carbons (Fsp3) is 0.167. The molecule has 0 amide bonds. The number of halogens is 2. The number of hydrogen-bond donors (Lipinski definition) is 1. The van der Waals surface area contributed by atoms with Crippen molar-refractivity contribution < 1.29 is 4.74 Å². The van der Waals surface area contributed by atoms with Crippen LogP contribution in [0.1, 0.15) is 5.56 Å². The Kier molecular flexibility index (Phi) is 4.19. The molecule has 6 heteroatoms. The van der Waals surface area contributed by atoms with E-state index in [4.69, 9.17) is 4.74 Å². The van der Waals surface area contributed by atoms with Crippen LogP contribution >= 0.6 is 31.9 Å². The summed E-state index contributed by atoms with van der Waals surface area (Å²) in [5.41, 5.74) is 1.10. The second-order valence-electron chi connectivity index (χ2n) is 3.61. The van der Waals surface area contributed by atoms with Crippen molar-refractivity contribution >= 4 is 37.8 Å². The molecule has 1 aromatic carbocycles. The van der Waals surface area contributed by atoms with E-state index in [0.717, 1.165) is 15.8 Å². The molecule has 0 saturated carbocycles. The highest BCUT2D eigenvalue weighted by atomic mass is 79.9. The van der Waals surface area contributed by atoms with Gasteiger partial charge in [-0.2, -0.15) is 4.98 Å². The highest BCUT2D eigenvalue weighted by Crippen LogP contribution is 2.29. The lowest BCUT2D eigenvalue weighted by atomic mass is 10.2. The minimum absolute atomic E-state index is 0.482. The molecule has 0 radical (unpaired) electrons. The molecule has 4 nitrogen and oxygen atoms in total. The summed E-state index contributed by atoms with van der Waals surface area (Å²) in [6.07, 6.45) is 1.65. The number of nitrogens with zero attached hydrogens (tertiary/aromatic N) is 2. The molecular weight excluding hydrogens is 362 g/mol. The lowest BCUT2D eigenvalue weighted by Crippen LogP contribution is -1.98. The average Bonchev–Trinajstić information content (AvgIpc) is 2.36. The summed E-state index contributed by atoms with van der Waals surface area (Å²) in [6.45, 7) is 2.00. The Morgan fingerprint density at radius 1 is 1.22 bits per heavy atom. The van der Waals surface area contributed by atoms with Gasteiger partial charge < -0.3 is 10.1 Å². The molecule has 18 heavy (non-hydrogen) atoms. The Morgan fingerprint density at radius 3 is 2.67 bits per heavy atom. The molecule has 1 heterocycles. The molecule has 1 N–H and O–H groups in total. The van der Waals surface area contributed by atoms with Gasteiger partial charge in [0, 0.05) is 11.5 Å². The predicted molar refractivity (Wildman–Crippen MR) is 78.2 cm³/mol. The molecule has 0 aliphatic rings. The van der Waals surface area contributed by atoms with E-state index in [9.17, 15) is 0 Å². The van der Waals surface area contributed by atoms with Crippen LogP contribution in [0, 0.1) is 6.92 Å². The number of benzene rings is 1. The van der Waals surface area contributed by atoms with Gasteiger partial charge >= 0.3 is 0 Å². The van der Waals surface area contributed by atoms with Gasteiger partial charge in [-0.25, -0.2) is 4.98 Å². The molecule has 0 spiro atoms. The molecule has 0 aliphatic heterocycles. The van der Waals surface area contributed by atoms with Crippen LogP contribution in [0.25, 0.3) is 0 Å². The van der Waals surface area contributed by atoms with Crippen molar-refractivity contribution in [2.24, 2.45) is 0 Å². The van der Waals surface area contributed by atoms with Crippen LogP contribution in [0.3, 0.4) is 0 Å². The number of rotatable bonds is 3. The standard InChI is InChI=1S/C12H11Br2N3O/c1-7-5-8(3-4-9(7)13)18-11-10(14)6-16-12(15-2)17-11/h3-6H,1-2H3,(H,15,16,17). The minimum atomic E-state index is 0.482. The van der Waals surface area contributed by atoms with Crippen LogP contribution in [0.4, 0.5) is 5.95 Å². The summed E-state index contributed by atoms with van der Waals surface area (Å²) in [5.74, 6) is 1.73. The summed E-state index contributed by atoms with van der Waals surface area (Å²) >= 11 is 6.81. The van der Waals surface area contributed by atoms with E-state index in [1.54, 1.807) is 13.2 Å². The zero-order valence-electron chi connectivity index (χ0n) is 9.87. The lowest BCUT2D eigenvalue weighted by Gasteiger charge is -2.09. The maximum absolute atomic E-state index is 5.73. The first-order valence-electron chi connectivity index (χ1n) is 5.24. The van der Waals surface area contributed by atoms with E-state index in [0.29, 0.717) is 16.3 Å². The molecular formula is C12H11Br2N3O. The molecule has 0 fully saturated rings. The SMILES string of the molecule is CNc1ncc(Br)c(Oc2ccc(Br)c(C)c2)n1. The van der Waals surface area contributed by atoms with Gasteiger partial charge in [0.05, 0.1) is 10.7 Å². The van der Waals surface area contributed by atoms with E-state index < -0.39 is 0 Å². The van der Waals surface area contributed by atoms with Crippen molar-refractivity contribution in [1.29, 1.82) is 0 Å². The van der Waals surface area contributed by atoms with Gasteiger partial charge in [-0.15, -0.1) is 0 Å². The van der Waals surface area contributed by atoms with Crippen molar-refractivity contribution in [3.05, 3.63) is 38.9 Å². The molecule has 1 aromatic heterocycles. The second-order valence-corrected chi connectivity index (χ2v) is 5.32. The maximum atomic E-state index is 5.73. The van der Waals surface area contributed by atoms with Gasteiger partial charge in [0.15, 0.2) is 0 Å². The van der Waals surface area contributed by atoms with Crippen LogP contribution in [-0.4, -0.2) is 17.0 Å². The van der Waals surface area contributed by atoms with Crippen LogP contribution in [0.5, 0.6) is 11.6 Å². The van der Waals surface area contributed by atoms with E-state index >= 15 is 0 Å². The Bertz CT molecular complexity index is 575. The summed E-state index contributed by atoms with van der Waals surface area (Å²) in [5, 5.41) is 2.87. The summed E-state index contributed by atoms with van der Waals surface area (Å²) < 4.78 is 7.49. The van der Waals surface area contributed by atoms with E-state index in [2.05, 4.69) is 47.1 Å². The van der Waals surface area contributed by atoms with Crippen molar-refractivity contribution in [2.45, 2.75) is 6.92 Å². The van der Waals surface area contributed by atoms with Crippen molar-refractivity contribution in [2.75, 3.05) is 12.4 Å². The van der Waals surface area contributed by atoms with Gasteiger partial charge in [0.1, 0.15) is 5.75 Å². The first kappa shape index (κ1) is 13.3. The molecule has 0 atom stereocenters. The fourth-order valence-corrected chi connectivity index (χ4v) is 1.85. The molecule has 94 valence electrons. The van der Waals surface area contributed by atoms with Crippen molar-refractivity contribution in [3.8, 4) is 11.6 Å². The number of nitrogens with one attached hydrogen (secondary N) is 1. The van der Waals surface area contributed by atoms with Crippen molar-refractivity contribution in [1.82, 2.24) is 9.97 Å². The van der Waals surface area contributed by atoms with Crippen LogP contribution in [-0.2, 0) is 0 Å². The molecule has 0 bridgehead atoms. The van der Waals surface area contributed by atoms with Gasteiger partial charge in [-0.1, -0.05) is 15.9 Å². The quantitative estimate of drug-likeness (QED) is 0.879. The van der Waals surface area contributed by atoms with Gasteiger partial charge in [-0.3, -0.25) is 0 Å². The third-order valence-corrected chi connectivity index (χ3v) is 3.71. The zero-order chi connectivity index (χ0) is 13.1. The number of anilines is 1. The fourth-order valence-electron chi connectivity index (χ4n) is 1.34. The van der Waals surface area contributed by atoms with E-state index in [-0.39, 0.29) is 0 Å². The molecule has 0 unspecified atom stereocenters. The van der Waals surface area contributed by atoms with Crippen LogP contribution in [0.15, 0.2) is 33.3 Å². The monoisotopic (exact) mass is 371 g/mol. The third-order valence-electron chi connectivity index (χ3n) is 2.28. The highest BCUT2D eigenvalue weighted by Gasteiger charge is 2.07. The Morgan fingerprint density at radius 2 is 2.00 bits per heavy atom. The molecule has 2 aromatic rings. The van der Waals surface area contributed by atoms with Crippen LogP contribution < -0.4 is 10.1 Å². The molecule has 0 aliphatic carbocycles. The zero-order valence-corrected chi connectivity index (χ0v) is 13.0. The number of hydrogen-bond acceptors (Lipinski definition) is 4. The Hall–Kier alpha value is -1.14. The highest BCUT2D eigenvalue weighted by molar-refractivity contribution is 9.10. The first-order chi connectivity index (χ1) is 8.60. The third kappa shape index (κ3) is 3.00. The number of ether oxygens (including phenoxy) is 1. The maximum Gasteiger partial charge on any atom is 0.238 e. The normalized spacial score (nSPS) is 10.2. The summed E-state index contributed by atoms with van der Waals surface area (Å²) in [4.78, 5) is 8.31. The van der Waals surface area contributed by atoms with Gasteiger partial charge in [-0.05, 0) is 46.6 Å². The summed E-state index contributed by atoms with van der Waals surface area (Å²) in [6, 6.07) is 5.76. The topological polar surface area (TPSA) is 47.0 Å². The van der Waals surface area contributed by atoms with E-state index in [1.807, 2.05) is 25.1 Å². The molecule has 0 saturated heterocycles. The minimum Gasteiger partial charge on any atom is -0.438 e. The Labute approximate surface area is 122 Å². The van der Waals surface area contributed by atoms with Crippen LogP contribution in [0.2, 0.25) is 0 Å². The largest absolute Gasteiger partial charge is 0.438 e. The molecule has 2 rings (SSSR count). The number of aromatic nitrogens is 2. The summed E-state index contributed by atoms with van der Waals surface area (Å²) in [7, 11) is 1.76. The smallest absolute Gasteiger partial charge is 0.238 e. The number of aryl methyl sites for hydroxylation is 1. The van der Waals surface area contributed by atoms with Crippen molar-refractivity contribution in [3.63, 3.8) is 0 Å². The van der Waals surface area contributed by atoms with E-state index in [1.165, 1.54) is 0 Å². The van der Waals surface area contributed by atoms with Gasteiger partial charge in [0.25, 0.3) is 0 Å². The Balaban J connectivity index is 2.30. The lowest BCUT2D eigenvalue weighted by molar-refractivity contribution is 0.458. The first-order valence-corrected chi connectivity index (χ1v) is 6.83. The predicted octanol–water partition coefficient (Wildman–Crippen LogP) is 4.14.